The van der Waals surface area contributed by atoms with Crippen LogP contribution in [0.4, 0.5) is 10.1 Å². The SMILES string of the molecule is N/C(=N\O)c1ncc(F)c2c1NCC2. The molecule has 0 atom stereocenters. The van der Waals surface area contributed by atoms with Crippen molar-refractivity contribution >= 4 is 11.5 Å². The van der Waals surface area contributed by atoms with Crippen molar-refractivity contribution in [2.24, 2.45) is 10.9 Å². The van der Waals surface area contributed by atoms with Gasteiger partial charge in [-0.05, 0) is 6.42 Å². The second kappa shape index (κ2) is 3.13. The fourth-order valence-corrected chi connectivity index (χ4v) is 1.51. The first-order valence-electron chi connectivity index (χ1n) is 4.13. The van der Waals surface area contributed by atoms with Crippen LogP contribution in [0.25, 0.3) is 0 Å². The molecule has 4 N–H and O–H groups in total. The lowest BCUT2D eigenvalue weighted by molar-refractivity contribution is 0.318. The van der Waals surface area contributed by atoms with E-state index < -0.39 is 0 Å². The van der Waals surface area contributed by atoms with Crippen molar-refractivity contribution in [3.63, 3.8) is 0 Å². The van der Waals surface area contributed by atoms with Gasteiger partial charge >= 0.3 is 0 Å². The topological polar surface area (TPSA) is 83.5 Å². The molecule has 0 unspecified atom stereocenters. The minimum atomic E-state index is -0.362. The Hall–Kier alpha value is -1.85. The van der Waals surface area contributed by atoms with Gasteiger partial charge in [-0.15, -0.1) is 0 Å². The zero-order valence-electron chi connectivity index (χ0n) is 7.29. The van der Waals surface area contributed by atoms with Crippen molar-refractivity contribution in [3.8, 4) is 0 Å². The molecule has 0 saturated carbocycles. The summed E-state index contributed by atoms with van der Waals surface area (Å²) in [5, 5.41) is 14.3. The third-order valence-electron chi connectivity index (χ3n) is 2.16. The van der Waals surface area contributed by atoms with Gasteiger partial charge in [0.05, 0.1) is 11.9 Å². The minimum Gasteiger partial charge on any atom is -0.409 e. The molecule has 0 aliphatic carbocycles. The van der Waals surface area contributed by atoms with Crippen LogP contribution in [0.2, 0.25) is 0 Å². The molecule has 0 bridgehead atoms. The number of halogens is 1. The normalized spacial score (nSPS) is 15.1. The second-order valence-corrected chi connectivity index (χ2v) is 2.97. The van der Waals surface area contributed by atoms with Gasteiger partial charge in [0.25, 0.3) is 0 Å². The average molecular weight is 196 g/mol. The Morgan fingerprint density at radius 3 is 3.21 bits per heavy atom. The third-order valence-corrected chi connectivity index (χ3v) is 2.16. The van der Waals surface area contributed by atoms with E-state index in [4.69, 9.17) is 10.9 Å². The molecule has 5 nitrogen and oxygen atoms in total. The highest BCUT2D eigenvalue weighted by Crippen LogP contribution is 2.26. The highest BCUT2D eigenvalue weighted by atomic mass is 19.1. The highest BCUT2D eigenvalue weighted by Gasteiger charge is 2.21. The van der Waals surface area contributed by atoms with Gasteiger partial charge in [-0.3, -0.25) is 0 Å². The molecule has 0 amide bonds. The largest absolute Gasteiger partial charge is 0.409 e. The predicted molar refractivity (Wildman–Crippen MR) is 48.9 cm³/mol. The lowest BCUT2D eigenvalue weighted by Gasteiger charge is -2.06. The molecule has 6 heteroatoms. The molecule has 1 aromatic heterocycles. The molecule has 0 radical (unpaired) electrons. The summed E-state index contributed by atoms with van der Waals surface area (Å²) in [6.07, 6.45) is 1.68. The van der Waals surface area contributed by atoms with Crippen LogP contribution in [0.1, 0.15) is 11.3 Å². The fraction of sp³-hybridized carbons (Fsp3) is 0.250. The first kappa shape index (κ1) is 8.74. The number of nitrogens with zero attached hydrogens (tertiary/aromatic N) is 2. The summed E-state index contributed by atoms with van der Waals surface area (Å²) < 4.78 is 13.2. The van der Waals surface area contributed by atoms with Crippen LogP contribution in [-0.4, -0.2) is 22.6 Å². The van der Waals surface area contributed by atoms with Crippen molar-refractivity contribution in [1.82, 2.24) is 4.98 Å². The Morgan fingerprint density at radius 1 is 1.71 bits per heavy atom. The van der Waals surface area contributed by atoms with E-state index in [0.717, 1.165) is 6.20 Å². The van der Waals surface area contributed by atoms with E-state index in [1.807, 2.05) is 0 Å². The zero-order valence-corrected chi connectivity index (χ0v) is 7.29. The Labute approximate surface area is 79.4 Å². The maximum Gasteiger partial charge on any atom is 0.190 e. The zero-order chi connectivity index (χ0) is 10.1. The number of pyridine rings is 1. The van der Waals surface area contributed by atoms with Gasteiger partial charge in [-0.25, -0.2) is 9.37 Å². The number of hydrogen-bond acceptors (Lipinski definition) is 4. The number of oxime groups is 1. The van der Waals surface area contributed by atoms with Crippen LogP contribution >= 0.6 is 0 Å². The van der Waals surface area contributed by atoms with Gasteiger partial charge in [0, 0.05) is 12.1 Å². The molecule has 1 aromatic rings. The molecule has 74 valence electrons. The molecule has 1 aliphatic rings. The summed E-state index contributed by atoms with van der Waals surface area (Å²) in [6, 6.07) is 0. The highest BCUT2D eigenvalue weighted by molar-refractivity contribution is 6.01. The van der Waals surface area contributed by atoms with E-state index in [1.165, 1.54) is 0 Å². The van der Waals surface area contributed by atoms with Crippen LogP contribution in [0.15, 0.2) is 11.4 Å². The Bertz CT molecular complexity index is 405. The van der Waals surface area contributed by atoms with Gasteiger partial charge in [-0.2, -0.15) is 0 Å². The maximum atomic E-state index is 13.2. The van der Waals surface area contributed by atoms with E-state index in [-0.39, 0.29) is 11.7 Å². The van der Waals surface area contributed by atoms with Gasteiger partial charge in [0.1, 0.15) is 11.5 Å². The predicted octanol–water partition coefficient (Wildman–Crippen LogP) is 0.283. The number of nitrogens with two attached hydrogens (primary N) is 1. The molecule has 2 heterocycles. The molecule has 2 rings (SSSR count). The lowest BCUT2D eigenvalue weighted by atomic mass is 10.1. The van der Waals surface area contributed by atoms with E-state index >= 15 is 0 Å². The number of nitrogens with one attached hydrogen (secondary N) is 1. The fourth-order valence-electron chi connectivity index (χ4n) is 1.51. The Morgan fingerprint density at radius 2 is 2.50 bits per heavy atom. The first-order chi connectivity index (χ1) is 6.74. The molecular weight excluding hydrogens is 187 g/mol. The maximum absolute atomic E-state index is 13.2. The van der Waals surface area contributed by atoms with Crippen LogP contribution in [0.5, 0.6) is 0 Å². The van der Waals surface area contributed by atoms with Crippen molar-refractivity contribution in [1.29, 1.82) is 0 Å². The Kier molecular flexibility index (Phi) is 1.95. The van der Waals surface area contributed by atoms with Crippen LogP contribution in [0.3, 0.4) is 0 Å². The summed E-state index contributed by atoms with van der Waals surface area (Å²) in [7, 11) is 0. The van der Waals surface area contributed by atoms with Gasteiger partial charge < -0.3 is 16.3 Å². The molecule has 0 aromatic carbocycles. The van der Waals surface area contributed by atoms with Crippen molar-refractivity contribution in [2.45, 2.75) is 6.42 Å². The van der Waals surface area contributed by atoms with Gasteiger partial charge in [0.15, 0.2) is 5.84 Å². The summed E-state index contributed by atoms with van der Waals surface area (Å²) in [5.41, 5.74) is 6.76. The third kappa shape index (κ3) is 1.15. The summed E-state index contributed by atoms with van der Waals surface area (Å²) in [6.45, 7) is 0.643. The number of anilines is 1. The average Bonchev–Trinajstić information content (AvgIpc) is 2.67. The monoisotopic (exact) mass is 196 g/mol. The van der Waals surface area contributed by atoms with E-state index in [1.54, 1.807) is 0 Å². The molecule has 1 aliphatic heterocycles. The van der Waals surface area contributed by atoms with Crippen LogP contribution in [0, 0.1) is 5.82 Å². The summed E-state index contributed by atoms with van der Waals surface area (Å²) >= 11 is 0. The van der Waals surface area contributed by atoms with Crippen molar-refractivity contribution < 1.29 is 9.60 Å². The molecular formula is C8H9FN4O. The number of aromatic nitrogens is 1. The summed E-state index contributed by atoms with van der Waals surface area (Å²) in [4.78, 5) is 3.77. The second-order valence-electron chi connectivity index (χ2n) is 2.97. The van der Waals surface area contributed by atoms with Gasteiger partial charge in [-0.1, -0.05) is 5.16 Å². The van der Waals surface area contributed by atoms with E-state index in [9.17, 15) is 4.39 Å². The Balaban J connectivity index is 2.59. The molecule has 14 heavy (non-hydrogen) atoms. The van der Waals surface area contributed by atoms with Crippen LogP contribution in [-0.2, 0) is 6.42 Å². The molecule has 0 spiro atoms. The lowest BCUT2D eigenvalue weighted by Crippen LogP contribution is -2.17. The number of rotatable bonds is 1. The first-order valence-corrected chi connectivity index (χ1v) is 4.13. The molecule has 0 fully saturated rings. The van der Waals surface area contributed by atoms with E-state index in [0.29, 0.717) is 29.9 Å². The number of fused-ring (bicyclic) bond motifs is 1. The number of hydrogen-bond donors (Lipinski definition) is 3. The quantitative estimate of drug-likeness (QED) is 0.261. The van der Waals surface area contributed by atoms with Gasteiger partial charge in [0.2, 0.25) is 0 Å². The smallest absolute Gasteiger partial charge is 0.190 e. The minimum absolute atomic E-state index is 0.115. The van der Waals surface area contributed by atoms with Crippen LogP contribution < -0.4 is 11.1 Å². The number of amidine groups is 1. The molecule has 0 saturated heterocycles. The van der Waals surface area contributed by atoms with Crippen molar-refractivity contribution in [3.05, 3.63) is 23.3 Å². The standard InChI is InChI=1S/C8H9FN4O/c9-5-3-12-7(8(10)13-14)6-4(5)1-2-11-6/h3,11,14H,1-2H2,(H2,10,13). The summed E-state index contributed by atoms with van der Waals surface area (Å²) in [5.74, 6) is -0.477. The van der Waals surface area contributed by atoms with Crippen molar-refractivity contribution in [2.75, 3.05) is 11.9 Å². The van der Waals surface area contributed by atoms with E-state index in [2.05, 4.69) is 15.5 Å².